The highest BCUT2D eigenvalue weighted by atomic mass is 19.1. The summed E-state index contributed by atoms with van der Waals surface area (Å²) in [6, 6.07) is 0.988. The number of halogens is 1. The zero-order chi connectivity index (χ0) is 15.4. The first-order valence-corrected chi connectivity index (χ1v) is 5.93. The van der Waals surface area contributed by atoms with E-state index >= 15 is 0 Å². The molecule has 112 valence electrons. The second-order valence-electron chi connectivity index (χ2n) is 4.93. The maximum absolute atomic E-state index is 14.4. The molecule has 0 aromatic carbocycles. The lowest BCUT2D eigenvalue weighted by Crippen LogP contribution is -2.39. The van der Waals surface area contributed by atoms with Gasteiger partial charge in [0.05, 0.1) is 6.54 Å². The fraction of sp³-hybridized carbons (Fsp3) is 0.600. The zero-order valence-electron chi connectivity index (χ0n) is 10.4. The molecule has 2 heterocycles. The van der Waals surface area contributed by atoms with Gasteiger partial charge in [0.25, 0.3) is 5.56 Å². The van der Waals surface area contributed by atoms with Crippen LogP contribution in [0.15, 0.2) is 27.0 Å². The van der Waals surface area contributed by atoms with Gasteiger partial charge in [-0.15, -0.1) is 0 Å². The second kappa shape index (κ2) is 4.15. The van der Waals surface area contributed by atoms with Crippen LogP contribution in [0.25, 0.3) is 10.4 Å². The smallest absolute Gasteiger partial charge is 0.330 e. The number of aromatic amines is 1. The summed E-state index contributed by atoms with van der Waals surface area (Å²) in [4.78, 5) is 27.0. The number of hydrogen-bond acceptors (Lipinski definition) is 6. The van der Waals surface area contributed by atoms with Crippen LogP contribution in [0.2, 0.25) is 0 Å². The summed E-state index contributed by atoms with van der Waals surface area (Å²) in [5.74, 6) is 0. The Balaban J connectivity index is 2.00. The van der Waals surface area contributed by atoms with E-state index in [0.29, 0.717) is 0 Å². The van der Waals surface area contributed by atoms with Crippen LogP contribution >= 0.6 is 0 Å². The number of fused-ring (bicyclic) bond motifs is 1. The standard InChI is InChI=1S/C10H10FN5O5/c11-5-6(16-2-1-4(17)14-8(16)19)21-9(3-13-15-12)7(18)10(5,9)20/h1-2,5-7,18,20H,3H2,(H,14,17,19)/t5-,6+,7?,9+,10+/m0/s1. The molecule has 0 spiro atoms. The maximum Gasteiger partial charge on any atom is 0.330 e. The molecule has 1 unspecified atom stereocenters. The van der Waals surface area contributed by atoms with Crippen molar-refractivity contribution in [3.05, 3.63) is 43.5 Å². The van der Waals surface area contributed by atoms with Gasteiger partial charge < -0.3 is 14.9 Å². The maximum atomic E-state index is 14.4. The first kappa shape index (κ1) is 13.8. The molecule has 2 fully saturated rings. The molecule has 0 radical (unpaired) electrons. The van der Waals surface area contributed by atoms with Gasteiger partial charge in [0.2, 0.25) is 0 Å². The van der Waals surface area contributed by atoms with Crippen LogP contribution in [0.5, 0.6) is 0 Å². The molecular formula is C10H10FN5O5. The molecule has 1 saturated heterocycles. The van der Waals surface area contributed by atoms with Crippen molar-refractivity contribution in [2.45, 2.75) is 29.7 Å². The van der Waals surface area contributed by atoms with Gasteiger partial charge in [-0.25, -0.2) is 9.18 Å². The fourth-order valence-electron chi connectivity index (χ4n) is 2.74. The van der Waals surface area contributed by atoms with Crippen molar-refractivity contribution in [1.29, 1.82) is 0 Å². The lowest BCUT2D eigenvalue weighted by molar-refractivity contribution is -0.0903. The van der Waals surface area contributed by atoms with Gasteiger partial charge in [0.15, 0.2) is 18.0 Å². The normalized spacial score (nSPS) is 40.4. The monoisotopic (exact) mass is 299 g/mol. The van der Waals surface area contributed by atoms with Crippen LogP contribution in [0, 0.1) is 0 Å². The third-order valence-corrected chi connectivity index (χ3v) is 3.95. The van der Waals surface area contributed by atoms with Crippen molar-refractivity contribution < 1.29 is 19.3 Å². The van der Waals surface area contributed by atoms with E-state index < -0.39 is 47.5 Å². The topological polar surface area (TPSA) is 153 Å². The molecule has 0 bridgehead atoms. The van der Waals surface area contributed by atoms with Crippen LogP contribution < -0.4 is 11.2 Å². The van der Waals surface area contributed by atoms with Gasteiger partial charge in [-0.1, -0.05) is 5.11 Å². The van der Waals surface area contributed by atoms with Crippen molar-refractivity contribution in [3.8, 4) is 0 Å². The third kappa shape index (κ3) is 1.54. The van der Waals surface area contributed by atoms with Crippen LogP contribution in [0.3, 0.4) is 0 Å². The minimum atomic E-state index is -2.26. The molecule has 21 heavy (non-hydrogen) atoms. The first-order valence-electron chi connectivity index (χ1n) is 5.93. The van der Waals surface area contributed by atoms with Crippen LogP contribution in [0.1, 0.15) is 6.23 Å². The quantitative estimate of drug-likeness (QED) is 0.354. The highest BCUT2D eigenvalue weighted by Gasteiger charge is 2.87. The molecule has 1 aliphatic heterocycles. The van der Waals surface area contributed by atoms with Gasteiger partial charge in [0, 0.05) is 17.2 Å². The molecule has 2 aliphatic rings. The highest BCUT2D eigenvalue weighted by molar-refractivity contribution is 5.36. The number of aliphatic hydroxyl groups is 2. The molecule has 10 nitrogen and oxygen atoms in total. The summed E-state index contributed by atoms with van der Waals surface area (Å²) in [5, 5.41) is 23.0. The minimum Gasteiger partial charge on any atom is -0.387 e. The molecule has 1 saturated carbocycles. The Labute approximate surface area is 115 Å². The van der Waals surface area contributed by atoms with Gasteiger partial charge in [-0.05, 0) is 5.53 Å². The number of hydrogen-bond donors (Lipinski definition) is 3. The van der Waals surface area contributed by atoms with Gasteiger partial charge in [-0.3, -0.25) is 14.3 Å². The van der Waals surface area contributed by atoms with E-state index in [0.717, 1.165) is 16.8 Å². The average Bonchev–Trinajstić information content (AvgIpc) is 2.79. The van der Waals surface area contributed by atoms with E-state index in [1.54, 1.807) is 0 Å². The third-order valence-electron chi connectivity index (χ3n) is 3.95. The van der Waals surface area contributed by atoms with Crippen molar-refractivity contribution in [1.82, 2.24) is 9.55 Å². The van der Waals surface area contributed by atoms with E-state index in [4.69, 9.17) is 10.3 Å². The zero-order valence-corrected chi connectivity index (χ0v) is 10.4. The molecule has 3 N–H and O–H groups in total. The lowest BCUT2D eigenvalue weighted by Gasteiger charge is -2.21. The van der Waals surface area contributed by atoms with Crippen molar-refractivity contribution in [2.75, 3.05) is 6.54 Å². The van der Waals surface area contributed by atoms with Gasteiger partial charge in [-0.2, -0.15) is 0 Å². The molecule has 5 atom stereocenters. The Hall–Kier alpha value is -2.20. The minimum absolute atomic E-state index is 0.490. The second-order valence-corrected chi connectivity index (χ2v) is 4.93. The summed E-state index contributed by atoms with van der Waals surface area (Å²) < 4.78 is 20.4. The summed E-state index contributed by atoms with van der Waals surface area (Å²) >= 11 is 0. The van der Waals surface area contributed by atoms with Gasteiger partial charge >= 0.3 is 5.69 Å². The SMILES string of the molecule is [N-]=[N+]=NC[C@]12O[C@@H](n3ccc(=O)[nH]c3=O)[C@H](F)[C@@]1(O)C2O. The summed E-state index contributed by atoms with van der Waals surface area (Å²) in [5.41, 5.74) is 2.66. The number of aliphatic hydroxyl groups excluding tert-OH is 1. The molecule has 11 heteroatoms. The van der Waals surface area contributed by atoms with Crippen LogP contribution in [-0.2, 0) is 4.74 Å². The molecule has 3 rings (SSSR count). The fourth-order valence-corrected chi connectivity index (χ4v) is 2.74. The van der Waals surface area contributed by atoms with Crippen LogP contribution in [0.4, 0.5) is 4.39 Å². The van der Waals surface area contributed by atoms with E-state index in [1.807, 2.05) is 4.98 Å². The lowest BCUT2D eigenvalue weighted by atomic mass is 10.1. The van der Waals surface area contributed by atoms with Crippen molar-refractivity contribution in [2.24, 2.45) is 5.11 Å². The number of nitrogens with one attached hydrogen (secondary N) is 1. The first-order chi connectivity index (χ1) is 9.88. The molecule has 1 aromatic heterocycles. The van der Waals surface area contributed by atoms with E-state index in [-0.39, 0.29) is 0 Å². The summed E-state index contributed by atoms with van der Waals surface area (Å²) in [6.45, 7) is -0.490. The number of H-pyrrole nitrogens is 1. The molecule has 1 aliphatic carbocycles. The summed E-state index contributed by atoms with van der Waals surface area (Å²) in [7, 11) is 0. The van der Waals surface area contributed by atoms with E-state index in [1.165, 1.54) is 0 Å². The molecular weight excluding hydrogens is 289 g/mol. The Bertz CT molecular complexity index is 757. The van der Waals surface area contributed by atoms with Crippen LogP contribution in [-0.4, -0.2) is 49.8 Å². The summed E-state index contributed by atoms with van der Waals surface area (Å²) in [6.07, 6.45) is -4.23. The van der Waals surface area contributed by atoms with Crippen molar-refractivity contribution in [3.63, 3.8) is 0 Å². The number of rotatable bonds is 3. The Morgan fingerprint density at radius 1 is 1.62 bits per heavy atom. The number of alkyl halides is 1. The Kier molecular flexibility index (Phi) is 2.72. The Morgan fingerprint density at radius 3 is 2.95 bits per heavy atom. The van der Waals surface area contributed by atoms with E-state index in [2.05, 4.69) is 10.0 Å². The predicted molar refractivity (Wildman–Crippen MR) is 64.0 cm³/mol. The number of ether oxygens (including phenoxy) is 1. The highest BCUT2D eigenvalue weighted by Crippen LogP contribution is 2.63. The molecule has 0 amide bonds. The number of azide groups is 1. The van der Waals surface area contributed by atoms with E-state index in [9.17, 15) is 24.2 Å². The average molecular weight is 299 g/mol. The number of nitrogens with zero attached hydrogens (tertiary/aromatic N) is 4. The predicted octanol–water partition coefficient (Wildman–Crippen LogP) is -1.44. The Morgan fingerprint density at radius 2 is 2.33 bits per heavy atom. The largest absolute Gasteiger partial charge is 0.387 e. The molecule has 1 aromatic rings. The van der Waals surface area contributed by atoms with Crippen molar-refractivity contribution >= 4 is 0 Å². The number of aromatic nitrogens is 2. The van der Waals surface area contributed by atoms with Gasteiger partial charge in [0.1, 0.15) is 11.7 Å².